The predicted octanol–water partition coefficient (Wildman–Crippen LogP) is 4.36. The molecule has 0 unspecified atom stereocenters. The summed E-state index contributed by atoms with van der Waals surface area (Å²) >= 11 is 11.3. The van der Waals surface area contributed by atoms with Crippen molar-refractivity contribution in [3.8, 4) is 0 Å². The molecule has 1 aromatic heterocycles. The molecule has 32 heavy (non-hydrogen) atoms. The van der Waals surface area contributed by atoms with Crippen molar-refractivity contribution in [3.05, 3.63) is 79.8 Å². The normalized spacial score (nSPS) is 14.9. The summed E-state index contributed by atoms with van der Waals surface area (Å²) in [6.07, 6.45) is 2.72. The van der Waals surface area contributed by atoms with Crippen molar-refractivity contribution < 1.29 is 14.7 Å². The average molecular weight is 470 g/mol. The Bertz CT molecular complexity index is 1410. The lowest BCUT2D eigenvalue weighted by atomic mass is 10.0. The summed E-state index contributed by atoms with van der Waals surface area (Å²) in [6, 6.07) is 12.6. The average Bonchev–Trinajstić information content (AvgIpc) is 3.17. The van der Waals surface area contributed by atoms with Crippen molar-refractivity contribution in [2.75, 3.05) is 5.32 Å². The smallest absolute Gasteiger partial charge is 0.349 e. The number of aryl methyl sites for hydroxylation is 1. The van der Waals surface area contributed by atoms with Gasteiger partial charge in [-0.15, -0.1) is 0 Å². The van der Waals surface area contributed by atoms with Gasteiger partial charge in [-0.2, -0.15) is 0 Å². The van der Waals surface area contributed by atoms with Crippen LogP contribution in [-0.4, -0.2) is 26.5 Å². The van der Waals surface area contributed by atoms with E-state index >= 15 is 0 Å². The number of nitrogens with zero attached hydrogens (tertiary/aromatic N) is 2. The number of aliphatic carboxylic acids is 1. The topological polar surface area (TPSA) is 101 Å². The zero-order chi connectivity index (χ0) is 23.0. The number of rotatable bonds is 4. The van der Waals surface area contributed by atoms with Crippen molar-refractivity contribution in [3.63, 3.8) is 0 Å². The van der Waals surface area contributed by atoms with E-state index in [1.54, 1.807) is 10.6 Å². The van der Waals surface area contributed by atoms with Crippen LogP contribution in [0.4, 0.5) is 5.69 Å². The maximum absolute atomic E-state index is 13.0. The van der Waals surface area contributed by atoms with Crippen molar-refractivity contribution in [2.45, 2.75) is 19.9 Å². The number of carboxylic acid groups (broad SMARTS) is 1. The molecule has 3 aromatic rings. The highest BCUT2D eigenvalue weighted by atomic mass is 35.5. The van der Waals surface area contributed by atoms with Crippen LogP contribution >= 0.6 is 23.2 Å². The fourth-order valence-electron chi connectivity index (χ4n) is 3.55. The first-order valence-corrected chi connectivity index (χ1v) is 10.4. The summed E-state index contributed by atoms with van der Waals surface area (Å²) in [5, 5.41) is 10.3. The molecule has 2 N–H and O–H groups in total. The highest BCUT2D eigenvalue weighted by Crippen LogP contribution is 2.29. The molecule has 0 saturated carbocycles. The third-order valence-electron chi connectivity index (χ3n) is 5.20. The first-order valence-electron chi connectivity index (χ1n) is 9.67. The van der Waals surface area contributed by atoms with Gasteiger partial charge in [0.15, 0.2) is 0 Å². The van der Waals surface area contributed by atoms with Crippen LogP contribution in [0.5, 0.6) is 0 Å². The molecule has 4 rings (SSSR count). The predicted molar refractivity (Wildman–Crippen MR) is 125 cm³/mol. The number of amides is 1. The van der Waals surface area contributed by atoms with Crippen molar-refractivity contribution >= 4 is 63.3 Å². The van der Waals surface area contributed by atoms with E-state index in [4.69, 9.17) is 28.3 Å². The molecule has 2 aromatic carbocycles. The number of benzene rings is 2. The third kappa shape index (κ3) is 4.04. The second-order valence-corrected chi connectivity index (χ2v) is 8.04. The van der Waals surface area contributed by atoms with E-state index in [0.717, 1.165) is 16.7 Å². The molecule has 0 aliphatic carbocycles. The van der Waals surface area contributed by atoms with Crippen LogP contribution in [0, 0.1) is 6.92 Å². The van der Waals surface area contributed by atoms with Crippen molar-refractivity contribution in [1.82, 2.24) is 9.55 Å². The fraction of sp³-hybridized carbons (Fsp3) is 0.130. The van der Waals surface area contributed by atoms with Gasteiger partial charge >= 0.3 is 5.97 Å². The Kier molecular flexibility index (Phi) is 5.86. The largest absolute Gasteiger partial charge is 0.477 e. The highest BCUT2D eigenvalue weighted by Gasteiger charge is 2.22. The molecule has 1 amide bonds. The Hall–Kier alpha value is -3.42. The standard InChI is InChI=1S/C23H17Cl2N3O4/c1-12-4-2-3-5-13(12)10-14-8-9-28-20(14)27-17-11-15(6-7-16(17)22(28)30)26-21(29)18(24)19(25)23(31)32/h2-7,10-11H,8-9H2,1H3,(H,26,29)(H,31,32)/b14-10+,19-18-. The van der Waals surface area contributed by atoms with Gasteiger partial charge in [0, 0.05) is 12.2 Å². The molecule has 0 bridgehead atoms. The Morgan fingerprint density at radius 2 is 1.91 bits per heavy atom. The zero-order valence-electron chi connectivity index (χ0n) is 16.9. The third-order valence-corrected chi connectivity index (χ3v) is 6.01. The van der Waals surface area contributed by atoms with Gasteiger partial charge in [0.05, 0.1) is 10.9 Å². The van der Waals surface area contributed by atoms with Crippen molar-refractivity contribution in [1.29, 1.82) is 0 Å². The number of aromatic nitrogens is 2. The van der Waals surface area contributed by atoms with Crippen LogP contribution in [0.15, 0.2) is 57.3 Å². The van der Waals surface area contributed by atoms with Gasteiger partial charge in [-0.3, -0.25) is 14.2 Å². The van der Waals surface area contributed by atoms with E-state index in [0.29, 0.717) is 35.4 Å². The number of allylic oxidation sites excluding steroid dienone is 1. The maximum Gasteiger partial charge on any atom is 0.349 e. The van der Waals surface area contributed by atoms with E-state index < -0.39 is 21.9 Å². The first-order chi connectivity index (χ1) is 15.3. The molecule has 0 radical (unpaired) electrons. The molecule has 162 valence electrons. The molecule has 0 spiro atoms. The van der Waals surface area contributed by atoms with Crippen LogP contribution in [0.2, 0.25) is 0 Å². The number of carbonyl (C=O) groups excluding carboxylic acids is 1. The van der Waals surface area contributed by atoms with Crippen molar-refractivity contribution in [2.24, 2.45) is 0 Å². The molecule has 9 heteroatoms. The number of nitrogens with one attached hydrogen (secondary N) is 1. The van der Waals surface area contributed by atoms with E-state index in [2.05, 4.69) is 10.3 Å². The Labute approximate surface area is 192 Å². The number of hydrogen-bond acceptors (Lipinski definition) is 4. The van der Waals surface area contributed by atoms with Gasteiger partial charge < -0.3 is 10.4 Å². The second kappa shape index (κ2) is 8.61. The summed E-state index contributed by atoms with van der Waals surface area (Å²) in [7, 11) is 0. The van der Waals surface area contributed by atoms with Gasteiger partial charge in [0.25, 0.3) is 11.5 Å². The summed E-state index contributed by atoms with van der Waals surface area (Å²) in [6.45, 7) is 2.56. The second-order valence-electron chi connectivity index (χ2n) is 7.29. The van der Waals surface area contributed by atoms with Gasteiger partial charge in [-0.1, -0.05) is 47.5 Å². The fourth-order valence-corrected chi connectivity index (χ4v) is 3.76. The Morgan fingerprint density at radius 3 is 2.62 bits per heavy atom. The molecule has 0 saturated heterocycles. The van der Waals surface area contributed by atoms with Crippen LogP contribution in [0.1, 0.15) is 23.4 Å². The molecule has 7 nitrogen and oxygen atoms in total. The monoisotopic (exact) mass is 469 g/mol. The maximum atomic E-state index is 13.0. The molecule has 2 heterocycles. The first kappa shape index (κ1) is 21.8. The van der Waals surface area contributed by atoms with Gasteiger partial charge in [0.1, 0.15) is 15.9 Å². The minimum atomic E-state index is -1.51. The lowest BCUT2D eigenvalue weighted by Crippen LogP contribution is -2.21. The molecule has 0 atom stereocenters. The van der Waals surface area contributed by atoms with E-state index in [9.17, 15) is 14.4 Å². The highest BCUT2D eigenvalue weighted by molar-refractivity contribution is 6.54. The number of halogens is 2. The molecule has 1 aliphatic heterocycles. The number of carbonyl (C=O) groups is 2. The van der Waals surface area contributed by atoms with E-state index in [1.165, 1.54) is 12.1 Å². The minimum absolute atomic E-state index is 0.164. The van der Waals surface area contributed by atoms with Crippen LogP contribution in [0.3, 0.4) is 0 Å². The van der Waals surface area contributed by atoms with E-state index in [1.807, 2.05) is 37.3 Å². The molecule has 0 fully saturated rings. The van der Waals surface area contributed by atoms with E-state index in [-0.39, 0.29) is 5.56 Å². The van der Waals surface area contributed by atoms with Gasteiger partial charge in [0.2, 0.25) is 0 Å². The zero-order valence-corrected chi connectivity index (χ0v) is 18.4. The lowest BCUT2D eigenvalue weighted by Gasteiger charge is -2.09. The number of fused-ring (bicyclic) bond motifs is 2. The molecular weight excluding hydrogens is 453 g/mol. The molecular formula is C23H17Cl2N3O4. The quantitative estimate of drug-likeness (QED) is 0.552. The Morgan fingerprint density at radius 1 is 1.16 bits per heavy atom. The number of hydrogen-bond donors (Lipinski definition) is 2. The van der Waals surface area contributed by atoms with Gasteiger partial charge in [-0.25, -0.2) is 9.78 Å². The summed E-state index contributed by atoms with van der Waals surface area (Å²) in [5.41, 5.74) is 3.67. The number of anilines is 1. The molecule has 1 aliphatic rings. The lowest BCUT2D eigenvalue weighted by molar-refractivity contribution is -0.132. The van der Waals surface area contributed by atoms with Crippen LogP contribution < -0.4 is 10.9 Å². The van der Waals surface area contributed by atoms with Gasteiger partial charge in [-0.05, 0) is 54.3 Å². The van der Waals surface area contributed by atoms with Crippen LogP contribution in [0.25, 0.3) is 22.6 Å². The minimum Gasteiger partial charge on any atom is -0.477 e. The van der Waals surface area contributed by atoms with Crippen LogP contribution in [-0.2, 0) is 16.1 Å². The summed E-state index contributed by atoms with van der Waals surface area (Å²) < 4.78 is 1.65. The SMILES string of the molecule is Cc1ccccc1/C=C1\CCn2c1nc1cc(NC(=O)/C(Cl)=C(/Cl)C(=O)O)ccc1c2=O. The Balaban J connectivity index is 1.74. The summed E-state index contributed by atoms with van der Waals surface area (Å²) in [4.78, 5) is 40.8. The summed E-state index contributed by atoms with van der Waals surface area (Å²) in [5.74, 6) is -1.80. The number of carboxylic acids is 1.